The van der Waals surface area contributed by atoms with Crippen molar-refractivity contribution in [2.24, 2.45) is 0 Å². The van der Waals surface area contributed by atoms with E-state index in [1.807, 2.05) is 0 Å². The molecule has 31 heavy (non-hydrogen) atoms. The SMILES string of the molecule is CCOCC(C)(Oc1cc(Oc2ccc(C(F)(F)F)cc2Cl)ccc1[N+](=O)[O-])C(=O)O. The molecule has 0 saturated carbocycles. The average molecular weight is 464 g/mol. The fraction of sp³-hybridized carbons (Fsp3) is 0.316. The Morgan fingerprint density at radius 2 is 1.87 bits per heavy atom. The molecule has 0 heterocycles. The number of rotatable bonds is 9. The number of nitro benzene ring substituents is 1. The van der Waals surface area contributed by atoms with Crippen molar-refractivity contribution in [3.63, 3.8) is 0 Å². The van der Waals surface area contributed by atoms with E-state index in [9.17, 15) is 33.2 Å². The van der Waals surface area contributed by atoms with Gasteiger partial charge in [0.05, 0.1) is 22.1 Å². The Morgan fingerprint density at radius 1 is 1.19 bits per heavy atom. The number of carbonyl (C=O) groups is 1. The second-order valence-electron chi connectivity index (χ2n) is 6.41. The van der Waals surface area contributed by atoms with Crippen LogP contribution >= 0.6 is 11.6 Å². The van der Waals surface area contributed by atoms with Crippen LogP contribution in [-0.4, -0.2) is 34.8 Å². The highest BCUT2D eigenvalue weighted by Crippen LogP contribution is 2.39. The molecule has 0 spiro atoms. The Kier molecular flexibility index (Phi) is 7.34. The number of carboxylic acid groups (broad SMARTS) is 1. The number of hydrogen-bond acceptors (Lipinski definition) is 6. The van der Waals surface area contributed by atoms with Crippen molar-refractivity contribution in [2.45, 2.75) is 25.6 Å². The van der Waals surface area contributed by atoms with Crippen molar-refractivity contribution >= 4 is 23.3 Å². The predicted octanol–water partition coefficient (Wildman–Crippen LogP) is 5.32. The van der Waals surface area contributed by atoms with Crippen molar-refractivity contribution in [2.75, 3.05) is 13.2 Å². The van der Waals surface area contributed by atoms with Gasteiger partial charge in [-0.15, -0.1) is 0 Å². The highest BCUT2D eigenvalue weighted by molar-refractivity contribution is 6.32. The molecule has 0 radical (unpaired) electrons. The summed E-state index contributed by atoms with van der Waals surface area (Å²) in [6, 6.07) is 5.63. The van der Waals surface area contributed by atoms with Gasteiger partial charge < -0.3 is 19.3 Å². The van der Waals surface area contributed by atoms with E-state index < -0.39 is 46.3 Å². The molecule has 0 bridgehead atoms. The van der Waals surface area contributed by atoms with Crippen molar-refractivity contribution in [1.29, 1.82) is 0 Å². The molecule has 0 aliphatic rings. The maximum atomic E-state index is 12.8. The lowest BCUT2D eigenvalue weighted by molar-refractivity contribution is -0.386. The van der Waals surface area contributed by atoms with E-state index in [0.29, 0.717) is 6.07 Å². The largest absolute Gasteiger partial charge is 0.478 e. The van der Waals surface area contributed by atoms with Crippen LogP contribution in [0, 0.1) is 10.1 Å². The fourth-order valence-corrected chi connectivity index (χ4v) is 2.57. The summed E-state index contributed by atoms with van der Waals surface area (Å²) >= 11 is 5.85. The van der Waals surface area contributed by atoms with Crippen molar-refractivity contribution in [3.8, 4) is 17.2 Å². The van der Waals surface area contributed by atoms with Crippen LogP contribution in [0.15, 0.2) is 36.4 Å². The van der Waals surface area contributed by atoms with Gasteiger partial charge in [0.25, 0.3) is 0 Å². The number of ether oxygens (including phenoxy) is 3. The smallest absolute Gasteiger partial charge is 0.416 e. The van der Waals surface area contributed by atoms with Gasteiger partial charge in [0, 0.05) is 18.7 Å². The van der Waals surface area contributed by atoms with E-state index in [1.54, 1.807) is 6.92 Å². The van der Waals surface area contributed by atoms with Crippen molar-refractivity contribution < 1.29 is 42.2 Å². The summed E-state index contributed by atoms with van der Waals surface area (Å²) < 4.78 is 54.2. The van der Waals surface area contributed by atoms with Gasteiger partial charge in [-0.3, -0.25) is 10.1 Å². The number of alkyl halides is 3. The molecule has 1 N–H and O–H groups in total. The molecular formula is C19H17ClF3NO7. The van der Waals surface area contributed by atoms with Crippen LogP contribution in [0.3, 0.4) is 0 Å². The highest BCUT2D eigenvalue weighted by Gasteiger charge is 2.38. The minimum Gasteiger partial charge on any atom is -0.478 e. The summed E-state index contributed by atoms with van der Waals surface area (Å²) in [5.41, 5.74) is -3.48. The standard InChI is InChI=1S/C19H17ClF3NO7/c1-3-29-10-18(2,17(25)26)31-16-9-12(5-6-14(16)24(27)28)30-15-7-4-11(8-13(15)20)19(21,22)23/h4-9H,3,10H2,1-2H3,(H,25,26). The summed E-state index contributed by atoms with van der Waals surface area (Å²) in [4.78, 5) is 22.2. The van der Waals surface area contributed by atoms with E-state index in [1.165, 1.54) is 13.0 Å². The van der Waals surface area contributed by atoms with Gasteiger partial charge in [-0.1, -0.05) is 11.6 Å². The summed E-state index contributed by atoms with van der Waals surface area (Å²) in [6.07, 6.45) is -4.60. The van der Waals surface area contributed by atoms with Crippen LogP contribution in [0.1, 0.15) is 19.4 Å². The van der Waals surface area contributed by atoms with E-state index >= 15 is 0 Å². The molecule has 0 amide bonds. The Morgan fingerprint density at radius 3 is 2.39 bits per heavy atom. The lowest BCUT2D eigenvalue weighted by Crippen LogP contribution is -2.46. The third-order valence-electron chi connectivity index (χ3n) is 3.98. The number of nitrogens with zero attached hydrogens (tertiary/aromatic N) is 1. The van der Waals surface area contributed by atoms with Crippen LogP contribution in [-0.2, 0) is 15.7 Å². The second kappa shape index (κ2) is 9.40. The highest BCUT2D eigenvalue weighted by atomic mass is 35.5. The number of carboxylic acids is 1. The fourth-order valence-electron chi connectivity index (χ4n) is 2.35. The molecule has 168 valence electrons. The van der Waals surface area contributed by atoms with Crippen molar-refractivity contribution in [1.82, 2.24) is 0 Å². The normalized spacial score (nSPS) is 13.4. The van der Waals surface area contributed by atoms with Crippen LogP contribution in [0.5, 0.6) is 17.2 Å². The number of aliphatic carboxylic acids is 1. The van der Waals surface area contributed by atoms with Gasteiger partial charge in [-0.2, -0.15) is 13.2 Å². The lowest BCUT2D eigenvalue weighted by Gasteiger charge is -2.25. The third kappa shape index (κ3) is 5.98. The number of halogens is 4. The molecule has 2 aromatic carbocycles. The zero-order valence-electron chi connectivity index (χ0n) is 16.2. The molecular weight excluding hydrogens is 447 g/mol. The van der Waals surface area contributed by atoms with Gasteiger partial charge in [0.2, 0.25) is 11.4 Å². The second-order valence-corrected chi connectivity index (χ2v) is 6.81. The maximum absolute atomic E-state index is 12.8. The first-order valence-corrected chi connectivity index (χ1v) is 9.08. The third-order valence-corrected chi connectivity index (χ3v) is 4.28. The first-order chi connectivity index (χ1) is 14.4. The van der Waals surface area contributed by atoms with Gasteiger partial charge in [0.1, 0.15) is 11.5 Å². The zero-order valence-corrected chi connectivity index (χ0v) is 17.0. The summed E-state index contributed by atoms with van der Waals surface area (Å²) in [7, 11) is 0. The van der Waals surface area contributed by atoms with Crippen molar-refractivity contribution in [3.05, 3.63) is 57.1 Å². The summed E-state index contributed by atoms with van der Waals surface area (Å²) in [5, 5.41) is 20.4. The monoisotopic (exact) mass is 463 g/mol. The molecule has 2 rings (SSSR count). The molecule has 1 atom stereocenters. The van der Waals surface area contributed by atoms with Crippen LogP contribution in [0.25, 0.3) is 0 Å². The molecule has 0 aromatic heterocycles. The first-order valence-electron chi connectivity index (χ1n) is 8.70. The van der Waals surface area contributed by atoms with Crippen LogP contribution in [0.4, 0.5) is 18.9 Å². The number of nitro groups is 1. The molecule has 0 saturated heterocycles. The van der Waals surface area contributed by atoms with Gasteiger partial charge >= 0.3 is 17.8 Å². The first kappa shape index (κ1) is 24.2. The Bertz CT molecular complexity index is 983. The predicted molar refractivity (Wildman–Crippen MR) is 103 cm³/mol. The van der Waals surface area contributed by atoms with Gasteiger partial charge in [0.15, 0.2) is 0 Å². The maximum Gasteiger partial charge on any atom is 0.416 e. The summed E-state index contributed by atoms with van der Waals surface area (Å²) in [6.45, 7) is 2.59. The zero-order chi connectivity index (χ0) is 23.4. The molecule has 8 nitrogen and oxygen atoms in total. The van der Waals surface area contributed by atoms with Gasteiger partial charge in [-0.25, -0.2) is 4.79 Å². The number of hydrogen-bond donors (Lipinski definition) is 1. The minimum absolute atomic E-state index is 0.0774. The Labute approximate surface area is 179 Å². The van der Waals surface area contributed by atoms with E-state index in [0.717, 1.165) is 24.3 Å². The average Bonchev–Trinajstić information content (AvgIpc) is 2.67. The van der Waals surface area contributed by atoms with E-state index in [-0.39, 0.29) is 23.1 Å². The molecule has 2 aromatic rings. The van der Waals surface area contributed by atoms with Gasteiger partial charge in [-0.05, 0) is 38.1 Å². The molecule has 12 heteroatoms. The van der Waals surface area contributed by atoms with E-state index in [4.69, 9.17) is 25.8 Å². The molecule has 1 unspecified atom stereocenters. The molecule has 0 aliphatic carbocycles. The minimum atomic E-state index is -4.60. The van der Waals surface area contributed by atoms with Crippen LogP contribution < -0.4 is 9.47 Å². The molecule has 0 aliphatic heterocycles. The quantitative estimate of drug-likeness (QED) is 0.396. The summed E-state index contributed by atoms with van der Waals surface area (Å²) in [5.74, 6) is -2.08. The lowest BCUT2D eigenvalue weighted by atomic mass is 10.1. The topological polar surface area (TPSA) is 108 Å². The van der Waals surface area contributed by atoms with E-state index in [2.05, 4.69) is 0 Å². The number of benzene rings is 2. The Hall–Kier alpha value is -3.05. The Balaban J connectivity index is 2.39. The van der Waals surface area contributed by atoms with Crippen LogP contribution in [0.2, 0.25) is 5.02 Å². The molecule has 0 fully saturated rings.